The van der Waals surface area contributed by atoms with Gasteiger partial charge in [0.2, 0.25) is 0 Å². The third-order valence-corrected chi connectivity index (χ3v) is 4.48. The molecular formula is C15H17N3O4S2. The molecule has 0 fully saturated rings. The summed E-state index contributed by atoms with van der Waals surface area (Å²) in [4.78, 5) is 24.8. The van der Waals surface area contributed by atoms with Crippen molar-refractivity contribution >= 4 is 45.5 Å². The van der Waals surface area contributed by atoms with Gasteiger partial charge in [-0.3, -0.25) is 15.6 Å². The largest absolute Gasteiger partial charge is 0.465 e. The number of aryl methyl sites for hydroxylation is 1. The minimum absolute atomic E-state index is 0.143. The molecule has 0 aromatic carbocycles. The summed E-state index contributed by atoms with van der Waals surface area (Å²) in [5.41, 5.74) is 6.35. The van der Waals surface area contributed by atoms with Crippen LogP contribution in [0.4, 0.5) is 5.00 Å². The van der Waals surface area contributed by atoms with E-state index in [1.54, 1.807) is 6.07 Å². The maximum absolute atomic E-state index is 12.0. The number of hydrogen-bond donors (Lipinski definition) is 3. The standard InChI is InChI=1S/C15H17N3O4S2/c1-4-9-8(2)24-13(11(9)14(20)21-3)16-15(23)18-17-12(19)10-6-5-7-22-10/h5-7H,4H2,1-3H3,(H,17,19)(H2,16,18,23). The van der Waals surface area contributed by atoms with Crippen LogP contribution in [0.1, 0.15) is 38.3 Å². The second kappa shape index (κ2) is 7.93. The van der Waals surface area contributed by atoms with Gasteiger partial charge in [0.05, 0.1) is 18.9 Å². The minimum Gasteiger partial charge on any atom is -0.465 e. The van der Waals surface area contributed by atoms with Crippen molar-refractivity contribution in [3.8, 4) is 0 Å². The van der Waals surface area contributed by atoms with Crippen molar-refractivity contribution in [3.05, 3.63) is 40.2 Å². The lowest BCUT2D eigenvalue weighted by Crippen LogP contribution is -2.43. The Hall–Kier alpha value is -2.39. The summed E-state index contributed by atoms with van der Waals surface area (Å²) < 4.78 is 9.81. The van der Waals surface area contributed by atoms with Crippen LogP contribution in [0, 0.1) is 6.92 Å². The summed E-state index contributed by atoms with van der Waals surface area (Å²) in [6.07, 6.45) is 2.10. The fraction of sp³-hybridized carbons (Fsp3) is 0.267. The molecule has 7 nitrogen and oxygen atoms in total. The summed E-state index contributed by atoms with van der Waals surface area (Å²) >= 11 is 6.54. The van der Waals surface area contributed by atoms with Gasteiger partial charge >= 0.3 is 11.9 Å². The van der Waals surface area contributed by atoms with Gasteiger partial charge < -0.3 is 14.5 Å². The number of amides is 1. The Morgan fingerprint density at radius 3 is 2.71 bits per heavy atom. The lowest BCUT2D eigenvalue weighted by atomic mass is 10.1. The molecule has 0 unspecified atom stereocenters. The molecule has 24 heavy (non-hydrogen) atoms. The van der Waals surface area contributed by atoms with Crippen LogP contribution in [0.3, 0.4) is 0 Å². The highest BCUT2D eigenvalue weighted by Crippen LogP contribution is 2.33. The number of anilines is 1. The minimum atomic E-state index is -0.464. The van der Waals surface area contributed by atoms with Crippen LogP contribution in [0.15, 0.2) is 22.8 Å². The van der Waals surface area contributed by atoms with E-state index in [9.17, 15) is 9.59 Å². The Morgan fingerprint density at radius 2 is 2.12 bits per heavy atom. The summed E-state index contributed by atoms with van der Waals surface area (Å²) in [7, 11) is 1.33. The van der Waals surface area contributed by atoms with Crippen LogP contribution in [-0.2, 0) is 11.2 Å². The molecular weight excluding hydrogens is 350 g/mol. The second-order valence-corrected chi connectivity index (χ2v) is 6.33. The Labute approximate surface area is 148 Å². The summed E-state index contributed by atoms with van der Waals surface area (Å²) in [6.45, 7) is 3.89. The zero-order valence-corrected chi connectivity index (χ0v) is 15.0. The molecule has 3 N–H and O–H groups in total. The molecule has 1 amide bonds. The molecule has 0 radical (unpaired) electrons. The summed E-state index contributed by atoms with van der Waals surface area (Å²) in [5, 5.41) is 3.63. The number of thiocarbonyl (C=S) groups is 1. The fourth-order valence-corrected chi connectivity index (χ4v) is 3.48. The Balaban J connectivity index is 2.06. The average molecular weight is 367 g/mol. The van der Waals surface area contributed by atoms with Gasteiger partial charge in [-0.25, -0.2) is 4.79 Å². The first-order valence-corrected chi connectivity index (χ1v) is 8.31. The normalized spacial score (nSPS) is 10.1. The van der Waals surface area contributed by atoms with Crippen LogP contribution in [0.25, 0.3) is 0 Å². The predicted octanol–water partition coefficient (Wildman–Crippen LogP) is 2.63. The predicted molar refractivity (Wildman–Crippen MR) is 95.3 cm³/mol. The lowest BCUT2D eigenvalue weighted by Gasteiger charge is -2.11. The number of carbonyl (C=O) groups excluding carboxylic acids is 2. The molecule has 0 aliphatic heterocycles. The summed E-state index contributed by atoms with van der Waals surface area (Å²) in [6, 6.07) is 3.13. The topological polar surface area (TPSA) is 92.6 Å². The van der Waals surface area contributed by atoms with E-state index in [0.29, 0.717) is 17.0 Å². The quantitative estimate of drug-likeness (QED) is 0.434. The van der Waals surface area contributed by atoms with Gasteiger partial charge in [-0.05, 0) is 43.3 Å². The number of ether oxygens (including phenoxy) is 1. The van der Waals surface area contributed by atoms with Crippen molar-refractivity contribution in [1.29, 1.82) is 0 Å². The van der Waals surface area contributed by atoms with E-state index in [-0.39, 0.29) is 10.9 Å². The van der Waals surface area contributed by atoms with Gasteiger partial charge in [0, 0.05) is 4.88 Å². The maximum atomic E-state index is 12.0. The molecule has 0 atom stereocenters. The Morgan fingerprint density at radius 1 is 1.38 bits per heavy atom. The van der Waals surface area contributed by atoms with E-state index in [1.807, 2.05) is 13.8 Å². The third-order valence-electron chi connectivity index (χ3n) is 3.21. The van der Waals surface area contributed by atoms with E-state index >= 15 is 0 Å². The summed E-state index contributed by atoms with van der Waals surface area (Å²) in [5.74, 6) is -0.740. The molecule has 0 spiro atoms. The Kier molecular flexibility index (Phi) is 5.93. The highest BCUT2D eigenvalue weighted by atomic mass is 32.1. The first-order valence-electron chi connectivity index (χ1n) is 7.09. The SMILES string of the molecule is CCc1c(C)sc(NC(=S)NNC(=O)c2ccco2)c1C(=O)OC. The number of hydrogen-bond acceptors (Lipinski definition) is 6. The van der Waals surface area contributed by atoms with Crippen LogP contribution in [0.2, 0.25) is 0 Å². The highest BCUT2D eigenvalue weighted by molar-refractivity contribution is 7.80. The van der Waals surface area contributed by atoms with Gasteiger partial charge in [-0.15, -0.1) is 11.3 Å². The van der Waals surface area contributed by atoms with Gasteiger partial charge in [-0.1, -0.05) is 6.92 Å². The molecule has 0 aliphatic rings. The average Bonchev–Trinajstić information content (AvgIpc) is 3.19. The number of nitrogens with one attached hydrogen (secondary N) is 3. The molecule has 0 saturated carbocycles. The number of esters is 1. The van der Waals surface area contributed by atoms with Crippen molar-refractivity contribution in [2.24, 2.45) is 0 Å². The molecule has 9 heteroatoms. The van der Waals surface area contributed by atoms with Crippen LogP contribution in [0.5, 0.6) is 0 Å². The van der Waals surface area contributed by atoms with Crippen molar-refractivity contribution in [2.45, 2.75) is 20.3 Å². The molecule has 2 aromatic rings. The molecule has 2 rings (SSSR count). The molecule has 0 bridgehead atoms. The number of hydrazine groups is 1. The Bertz CT molecular complexity index is 753. The first-order chi connectivity index (χ1) is 11.5. The number of rotatable bonds is 4. The van der Waals surface area contributed by atoms with E-state index in [2.05, 4.69) is 16.2 Å². The van der Waals surface area contributed by atoms with Gasteiger partial charge in [-0.2, -0.15) is 0 Å². The van der Waals surface area contributed by atoms with Gasteiger partial charge in [0.15, 0.2) is 10.9 Å². The van der Waals surface area contributed by atoms with Crippen molar-refractivity contribution in [2.75, 3.05) is 12.4 Å². The molecule has 2 heterocycles. The van der Waals surface area contributed by atoms with Gasteiger partial charge in [0.1, 0.15) is 5.00 Å². The molecule has 128 valence electrons. The lowest BCUT2D eigenvalue weighted by molar-refractivity contribution is 0.0601. The van der Waals surface area contributed by atoms with E-state index in [0.717, 1.165) is 10.4 Å². The van der Waals surface area contributed by atoms with E-state index in [1.165, 1.54) is 30.8 Å². The van der Waals surface area contributed by atoms with Crippen molar-refractivity contribution in [1.82, 2.24) is 10.9 Å². The monoisotopic (exact) mass is 367 g/mol. The first kappa shape index (κ1) is 18.0. The number of carbonyl (C=O) groups is 2. The molecule has 0 aliphatic carbocycles. The van der Waals surface area contributed by atoms with E-state index < -0.39 is 11.9 Å². The third kappa shape index (κ3) is 3.92. The zero-order valence-electron chi connectivity index (χ0n) is 13.4. The van der Waals surface area contributed by atoms with Crippen LogP contribution in [-0.4, -0.2) is 24.1 Å². The molecule has 2 aromatic heterocycles. The van der Waals surface area contributed by atoms with Gasteiger partial charge in [0.25, 0.3) is 0 Å². The van der Waals surface area contributed by atoms with E-state index in [4.69, 9.17) is 21.4 Å². The van der Waals surface area contributed by atoms with Crippen LogP contribution >= 0.6 is 23.6 Å². The maximum Gasteiger partial charge on any atom is 0.341 e. The fourth-order valence-electron chi connectivity index (χ4n) is 2.13. The highest BCUT2D eigenvalue weighted by Gasteiger charge is 2.22. The number of methoxy groups -OCH3 is 1. The van der Waals surface area contributed by atoms with Crippen molar-refractivity contribution < 1.29 is 18.7 Å². The van der Waals surface area contributed by atoms with Crippen LogP contribution < -0.4 is 16.2 Å². The second-order valence-electron chi connectivity index (χ2n) is 4.70. The number of furan rings is 1. The molecule has 0 saturated heterocycles. The number of thiophene rings is 1. The smallest absolute Gasteiger partial charge is 0.341 e. The van der Waals surface area contributed by atoms with Crippen molar-refractivity contribution in [3.63, 3.8) is 0 Å². The zero-order chi connectivity index (χ0) is 17.7.